The second-order valence-corrected chi connectivity index (χ2v) is 11.8. The monoisotopic (exact) mass is 516 g/mol. The Balaban J connectivity index is 1.08. The number of likely N-dealkylation sites (tertiary alicyclic amines) is 2. The largest absolute Gasteiger partial charge is 0.493 e. The van der Waals surface area contributed by atoms with Crippen LogP contribution in [0.25, 0.3) is 5.69 Å². The van der Waals surface area contributed by atoms with Crippen LogP contribution in [0.1, 0.15) is 61.0 Å². The summed E-state index contributed by atoms with van der Waals surface area (Å²) in [5.41, 5.74) is 3.11. The lowest BCUT2D eigenvalue weighted by atomic mass is 9.71. The van der Waals surface area contributed by atoms with Crippen LogP contribution in [0.3, 0.4) is 0 Å². The number of aromatic hydroxyl groups is 1. The van der Waals surface area contributed by atoms with Crippen molar-refractivity contribution in [3.05, 3.63) is 75.8 Å². The molecule has 1 spiro atoms. The molecule has 2 saturated heterocycles. The summed E-state index contributed by atoms with van der Waals surface area (Å²) >= 11 is 0. The molecule has 1 aromatic heterocycles. The number of aromatic nitrogens is 2. The standard InChI is InChI=1S/C30H36N4O4/c1-29(2)18-21-6-5-7-22(26(21)38-29)20-32-14-10-30(11-15-32)12-16-33(17-13-30)27(36)23-8-3-4-9-24(23)34-25(35)19-31-28(34)37/h3-9,19,35H,10-18,20H2,1-2H3,(H,31,37). The minimum atomic E-state index is -0.470. The molecule has 2 aromatic carbocycles. The van der Waals surface area contributed by atoms with Crippen LogP contribution in [-0.4, -0.2) is 62.1 Å². The summed E-state index contributed by atoms with van der Waals surface area (Å²) in [6, 6.07) is 13.5. The van der Waals surface area contributed by atoms with Crippen LogP contribution < -0.4 is 10.4 Å². The third-order valence-electron chi connectivity index (χ3n) is 8.73. The van der Waals surface area contributed by atoms with Crippen LogP contribution in [0.5, 0.6) is 11.6 Å². The van der Waals surface area contributed by atoms with Crippen LogP contribution in [0, 0.1) is 5.41 Å². The Bertz CT molecular complexity index is 1400. The number of para-hydroxylation sites is 2. The highest BCUT2D eigenvalue weighted by molar-refractivity contribution is 5.98. The number of carbonyl (C=O) groups is 1. The average molecular weight is 517 g/mol. The summed E-state index contributed by atoms with van der Waals surface area (Å²) in [6.07, 6.45) is 6.45. The van der Waals surface area contributed by atoms with Crippen molar-refractivity contribution in [1.82, 2.24) is 19.4 Å². The number of hydrogen-bond acceptors (Lipinski definition) is 5. The fourth-order valence-corrected chi connectivity index (χ4v) is 6.53. The zero-order chi connectivity index (χ0) is 26.5. The van der Waals surface area contributed by atoms with Crippen LogP contribution in [-0.2, 0) is 13.0 Å². The highest BCUT2D eigenvalue weighted by Crippen LogP contribution is 2.43. The summed E-state index contributed by atoms with van der Waals surface area (Å²) in [7, 11) is 0. The normalized spacial score (nSPS) is 20.3. The van der Waals surface area contributed by atoms with Gasteiger partial charge in [0.05, 0.1) is 17.4 Å². The number of hydrogen-bond donors (Lipinski definition) is 2. The predicted molar refractivity (Wildman–Crippen MR) is 145 cm³/mol. The Morgan fingerprint density at radius 2 is 1.71 bits per heavy atom. The summed E-state index contributed by atoms with van der Waals surface area (Å²) in [5.74, 6) is 0.775. The quantitative estimate of drug-likeness (QED) is 0.545. The fraction of sp³-hybridized carbons (Fsp3) is 0.467. The van der Waals surface area contributed by atoms with Gasteiger partial charge in [0, 0.05) is 31.6 Å². The number of amides is 1. The van der Waals surface area contributed by atoms with E-state index in [-0.39, 0.29) is 22.8 Å². The SMILES string of the molecule is CC1(C)Cc2cccc(CN3CCC4(CC3)CCN(C(=O)c3ccccc3-n3c(O)c[nH]c3=O)CC4)c2O1. The fourth-order valence-electron chi connectivity index (χ4n) is 6.53. The summed E-state index contributed by atoms with van der Waals surface area (Å²) in [5, 5.41) is 10.1. The lowest BCUT2D eigenvalue weighted by Crippen LogP contribution is -2.48. The van der Waals surface area contributed by atoms with Crippen molar-refractivity contribution in [3.63, 3.8) is 0 Å². The maximum atomic E-state index is 13.5. The lowest BCUT2D eigenvalue weighted by Gasteiger charge is -2.47. The Labute approximate surface area is 222 Å². The van der Waals surface area contributed by atoms with Crippen LogP contribution in [0.2, 0.25) is 0 Å². The van der Waals surface area contributed by atoms with Crippen molar-refractivity contribution in [2.45, 2.75) is 58.1 Å². The van der Waals surface area contributed by atoms with Crippen LogP contribution in [0.4, 0.5) is 0 Å². The maximum absolute atomic E-state index is 13.5. The summed E-state index contributed by atoms with van der Waals surface area (Å²) in [4.78, 5) is 32.7. The Kier molecular flexibility index (Phi) is 6.10. The number of carbonyl (C=O) groups excluding carboxylic acids is 1. The number of H-pyrrole nitrogens is 1. The van der Waals surface area contributed by atoms with Crippen LogP contribution >= 0.6 is 0 Å². The predicted octanol–water partition coefficient (Wildman–Crippen LogP) is 4.10. The Morgan fingerprint density at radius 3 is 2.42 bits per heavy atom. The summed E-state index contributed by atoms with van der Waals surface area (Å²) in [6.45, 7) is 8.75. The molecule has 200 valence electrons. The molecule has 8 nitrogen and oxygen atoms in total. The molecule has 1 amide bonds. The summed E-state index contributed by atoms with van der Waals surface area (Å²) < 4.78 is 7.44. The van der Waals surface area contributed by atoms with Gasteiger partial charge in [0.2, 0.25) is 5.88 Å². The van der Waals surface area contributed by atoms with Gasteiger partial charge in [-0.2, -0.15) is 0 Å². The molecule has 4 heterocycles. The first-order valence-corrected chi connectivity index (χ1v) is 13.6. The van der Waals surface area contributed by atoms with Gasteiger partial charge >= 0.3 is 5.69 Å². The molecular formula is C30H36N4O4. The van der Waals surface area contributed by atoms with Gasteiger partial charge in [0.25, 0.3) is 5.91 Å². The molecule has 38 heavy (non-hydrogen) atoms. The number of nitrogens with zero attached hydrogens (tertiary/aromatic N) is 3. The topological polar surface area (TPSA) is 90.8 Å². The number of rotatable bonds is 4. The zero-order valence-corrected chi connectivity index (χ0v) is 22.2. The molecule has 3 aliphatic heterocycles. The molecule has 2 N–H and O–H groups in total. The number of nitrogens with one attached hydrogen (secondary N) is 1. The van der Waals surface area contributed by atoms with Gasteiger partial charge in [0.1, 0.15) is 11.4 Å². The Morgan fingerprint density at radius 1 is 1.00 bits per heavy atom. The lowest BCUT2D eigenvalue weighted by molar-refractivity contribution is 0.0282. The average Bonchev–Trinajstić information content (AvgIpc) is 3.42. The van der Waals surface area contributed by atoms with E-state index in [2.05, 4.69) is 41.9 Å². The van der Waals surface area contributed by atoms with Gasteiger partial charge < -0.3 is 19.7 Å². The molecule has 0 saturated carbocycles. The van der Waals surface area contributed by atoms with Crippen molar-refractivity contribution in [2.75, 3.05) is 26.2 Å². The minimum absolute atomic E-state index is 0.0961. The third-order valence-corrected chi connectivity index (χ3v) is 8.73. The molecule has 0 radical (unpaired) electrons. The van der Waals surface area contributed by atoms with Crippen LogP contribution in [0.15, 0.2) is 53.5 Å². The van der Waals surface area contributed by atoms with Crippen molar-refractivity contribution < 1.29 is 14.6 Å². The molecule has 8 heteroatoms. The van der Waals surface area contributed by atoms with E-state index in [1.807, 2.05) is 4.90 Å². The molecule has 0 unspecified atom stereocenters. The van der Waals surface area contributed by atoms with Crippen molar-refractivity contribution in [2.24, 2.45) is 5.41 Å². The number of aromatic amines is 1. The van der Waals surface area contributed by atoms with Gasteiger partial charge in [0.15, 0.2) is 0 Å². The first-order chi connectivity index (χ1) is 18.2. The van der Waals surface area contributed by atoms with E-state index in [1.165, 1.54) is 17.3 Å². The molecule has 3 aliphatic rings. The van der Waals surface area contributed by atoms with E-state index in [4.69, 9.17) is 4.74 Å². The second kappa shape index (κ2) is 9.34. The molecular weight excluding hydrogens is 480 g/mol. The molecule has 0 aliphatic carbocycles. The van der Waals surface area contributed by atoms with E-state index in [9.17, 15) is 14.7 Å². The third kappa shape index (κ3) is 4.51. The van der Waals surface area contributed by atoms with Crippen molar-refractivity contribution in [1.29, 1.82) is 0 Å². The number of fused-ring (bicyclic) bond motifs is 1. The highest BCUT2D eigenvalue weighted by Gasteiger charge is 2.39. The van der Waals surface area contributed by atoms with Gasteiger partial charge in [-0.25, -0.2) is 9.36 Å². The van der Waals surface area contributed by atoms with Gasteiger partial charge in [-0.1, -0.05) is 30.3 Å². The van der Waals surface area contributed by atoms with Crippen molar-refractivity contribution in [3.8, 4) is 17.3 Å². The number of benzene rings is 2. The van der Waals surface area contributed by atoms with E-state index in [0.717, 1.165) is 62.1 Å². The number of imidazole rings is 1. The molecule has 0 bridgehead atoms. The molecule has 6 rings (SSSR count). The first kappa shape index (κ1) is 24.8. The van der Waals surface area contributed by atoms with Gasteiger partial charge in [-0.3, -0.25) is 9.69 Å². The van der Waals surface area contributed by atoms with E-state index in [1.54, 1.807) is 24.3 Å². The first-order valence-electron chi connectivity index (χ1n) is 13.6. The smallest absolute Gasteiger partial charge is 0.333 e. The van der Waals surface area contributed by atoms with Gasteiger partial charge in [-0.05, 0) is 75.7 Å². The zero-order valence-electron chi connectivity index (χ0n) is 22.2. The van der Waals surface area contributed by atoms with Crippen molar-refractivity contribution >= 4 is 5.91 Å². The Hall–Kier alpha value is -3.52. The van der Waals surface area contributed by atoms with E-state index in [0.29, 0.717) is 24.3 Å². The highest BCUT2D eigenvalue weighted by atomic mass is 16.5. The number of piperidine rings is 2. The molecule has 3 aromatic rings. The molecule has 0 atom stereocenters. The van der Waals surface area contributed by atoms with Gasteiger partial charge in [-0.15, -0.1) is 0 Å². The maximum Gasteiger partial charge on any atom is 0.333 e. The molecule has 2 fully saturated rings. The second-order valence-electron chi connectivity index (χ2n) is 11.8. The minimum Gasteiger partial charge on any atom is -0.493 e. The van der Waals surface area contributed by atoms with E-state index >= 15 is 0 Å². The number of ether oxygens (including phenoxy) is 1. The van der Waals surface area contributed by atoms with E-state index < -0.39 is 5.69 Å².